The van der Waals surface area contributed by atoms with E-state index in [0.717, 1.165) is 10.0 Å². The second kappa shape index (κ2) is 10.0. The highest BCUT2D eigenvalue weighted by Crippen LogP contribution is 2.20. The summed E-state index contributed by atoms with van der Waals surface area (Å²) >= 11 is 3.38. The molecule has 0 fully saturated rings. The lowest BCUT2D eigenvalue weighted by Gasteiger charge is -2.18. The van der Waals surface area contributed by atoms with E-state index >= 15 is 0 Å². The zero-order chi connectivity index (χ0) is 20.7. The number of amides is 1. The van der Waals surface area contributed by atoms with Crippen LogP contribution in [0.3, 0.4) is 0 Å². The molecule has 1 atom stereocenters. The highest BCUT2D eigenvalue weighted by molar-refractivity contribution is 9.10. The number of sulfonamides is 1. The van der Waals surface area contributed by atoms with Crippen molar-refractivity contribution in [1.29, 1.82) is 0 Å². The van der Waals surface area contributed by atoms with Gasteiger partial charge < -0.3 is 10.1 Å². The van der Waals surface area contributed by atoms with E-state index < -0.39 is 10.0 Å². The minimum atomic E-state index is -3.50. The van der Waals surface area contributed by atoms with Gasteiger partial charge in [-0.3, -0.25) is 4.79 Å². The number of halogens is 1. The van der Waals surface area contributed by atoms with Crippen LogP contribution in [0.4, 0.5) is 0 Å². The van der Waals surface area contributed by atoms with Gasteiger partial charge in [0.15, 0.2) is 6.61 Å². The average molecular weight is 469 g/mol. The monoisotopic (exact) mass is 468 g/mol. The zero-order valence-corrected chi connectivity index (χ0v) is 18.6. The van der Waals surface area contributed by atoms with Gasteiger partial charge in [-0.05, 0) is 48.9 Å². The molecule has 8 heteroatoms. The zero-order valence-electron chi connectivity index (χ0n) is 16.2. The van der Waals surface area contributed by atoms with Crippen molar-refractivity contribution in [2.45, 2.75) is 31.7 Å². The molecule has 2 aromatic rings. The van der Waals surface area contributed by atoms with E-state index in [1.54, 1.807) is 26.0 Å². The first-order valence-corrected chi connectivity index (χ1v) is 11.3. The lowest BCUT2D eigenvalue weighted by Crippen LogP contribution is -2.31. The van der Waals surface area contributed by atoms with Gasteiger partial charge >= 0.3 is 0 Å². The van der Waals surface area contributed by atoms with Gasteiger partial charge in [0.05, 0.1) is 10.9 Å². The molecule has 28 heavy (non-hydrogen) atoms. The van der Waals surface area contributed by atoms with Gasteiger partial charge in [0.2, 0.25) is 10.0 Å². The summed E-state index contributed by atoms with van der Waals surface area (Å²) in [6.45, 7) is 6.16. The normalized spacial score (nSPS) is 12.6. The van der Waals surface area contributed by atoms with E-state index in [-0.39, 0.29) is 23.5 Å². The predicted octanol–water partition coefficient (Wildman–Crippen LogP) is 3.74. The van der Waals surface area contributed by atoms with E-state index in [0.29, 0.717) is 18.8 Å². The predicted molar refractivity (Wildman–Crippen MR) is 113 cm³/mol. The minimum absolute atomic E-state index is 0.147. The van der Waals surface area contributed by atoms with Crippen molar-refractivity contribution < 1.29 is 17.9 Å². The Morgan fingerprint density at radius 1 is 1.07 bits per heavy atom. The van der Waals surface area contributed by atoms with Crippen molar-refractivity contribution >= 4 is 31.9 Å². The van der Waals surface area contributed by atoms with Crippen LogP contribution in [0.2, 0.25) is 0 Å². The Bertz CT molecular complexity index is 879. The smallest absolute Gasteiger partial charge is 0.258 e. The molecule has 0 radical (unpaired) electrons. The van der Waals surface area contributed by atoms with Gasteiger partial charge in [0, 0.05) is 17.6 Å². The molecule has 0 aromatic heterocycles. The topological polar surface area (TPSA) is 75.7 Å². The summed E-state index contributed by atoms with van der Waals surface area (Å²) in [5, 5.41) is 2.87. The number of hydrogen-bond acceptors (Lipinski definition) is 4. The average Bonchev–Trinajstić information content (AvgIpc) is 2.68. The highest BCUT2D eigenvalue weighted by Gasteiger charge is 2.21. The van der Waals surface area contributed by atoms with Crippen molar-refractivity contribution in [1.82, 2.24) is 9.62 Å². The molecule has 2 rings (SSSR count). The number of ether oxygens (including phenoxy) is 1. The Kier molecular flexibility index (Phi) is 8.03. The summed E-state index contributed by atoms with van der Waals surface area (Å²) in [7, 11) is -3.50. The van der Waals surface area contributed by atoms with Crippen LogP contribution in [0, 0.1) is 0 Å². The number of carbonyl (C=O) groups excluding carboxylic acids is 1. The Labute approximate surface area is 175 Å². The fraction of sp³-hybridized carbons (Fsp3) is 0.350. The fourth-order valence-corrected chi connectivity index (χ4v) is 4.41. The number of rotatable bonds is 9. The highest BCUT2D eigenvalue weighted by atomic mass is 79.9. The first kappa shape index (κ1) is 22.4. The van der Waals surface area contributed by atoms with Gasteiger partial charge in [0.25, 0.3) is 5.91 Å². The summed E-state index contributed by atoms with van der Waals surface area (Å²) in [4.78, 5) is 12.3. The van der Waals surface area contributed by atoms with Crippen molar-refractivity contribution in [3.05, 3.63) is 58.6 Å². The Balaban J connectivity index is 1.92. The maximum atomic E-state index is 12.5. The summed E-state index contributed by atoms with van der Waals surface area (Å²) in [5.74, 6) is 0.181. The van der Waals surface area contributed by atoms with Crippen molar-refractivity contribution in [2.24, 2.45) is 0 Å². The molecule has 0 aliphatic carbocycles. The van der Waals surface area contributed by atoms with Gasteiger partial charge in [-0.1, -0.05) is 41.9 Å². The molecule has 1 N–H and O–H groups in total. The molecule has 1 amide bonds. The van der Waals surface area contributed by atoms with E-state index in [9.17, 15) is 13.2 Å². The standard InChI is InChI=1S/C20H25BrN2O4S/c1-4-23(5-2)28(25,26)19-12-10-18(11-13-19)27-14-20(24)22-15(3)16-6-8-17(21)9-7-16/h6-13,15H,4-5,14H2,1-3H3,(H,22,24)/t15-/m0/s1. The van der Waals surface area contributed by atoms with Crippen LogP contribution in [0.1, 0.15) is 32.4 Å². The lowest BCUT2D eigenvalue weighted by molar-refractivity contribution is -0.123. The van der Waals surface area contributed by atoms with Crippen molar-refractivity contribution in [3.8, 4) is 5.75 Å². The van der Waals surface area contributed by atoms with Gasteiger partial charge in [-0.2, -0.15) is 4.31 Å². The molecule has 0 heterocycles. The molecule has 0 unspecified atom stereocenters. The minimum Gasteiger partial charge on any atom is -0.484 e. The largest absolute Gasteiger partial charge is 0.484 e. The van der Waals surface area contributed by atoms with Crippen LogP contribution in [0.5, 0.6) is 5.75 Å². The number of nitrogens with zero attached hydrogens (tertiary/aromatic N) is 1. The fourth-order valence-electron chi connectivity index (χ4n) is 2.69. The van der Waals surface area contributed by atoms with Gasteiger partial charge in [0.1, 0.15) is 5.75 Å². The third-order valence-electron chi connectivity index (χ3n) is 4.28. The summed E-state index contributed by atoms with van der Waals surface area (Å²) in [6.07, 6.45) is 0. The van der Waals surface area contributed by atoms with Crippen molar-refractivity contribution in [3.63, 3.8) is 0 Å². The molecule has 2 aromatic carbocycles. The van der Waals surface area contributed by atoms with E-state index in [1.165, 1.54) is 16.4 Å². The first-order valence-electron chi connectivity index (χ1n) is 9.05. The van der Waals surface area contributed by atoms with Crippen LogP contribution < -0.4 is 10.1 Å². The first-order chi connectivity index (χ1) is 13.3. The second-order valence-corrected chi connectivity index (χ2v) is 9.04. The van der Waals surface area contributed by atoms with Crippen LogP contribution >= 0.6 is 15.9 Å². The Morgan fingerprint density at radius 3 is 2.18 bits per heavy atom. The third-order valence-corrected chi connectivity index (χ3v) is 6.88. The Morgan fingerprint density at radius 2 is 1.64 bits per heavy atom. The number of carbonyl (C=O) groups is 1. The number of hydrogen-bond donors (Lipinski definition) is 1. The summed E-state index contributed by atoms with van der Waals surface area (Å²) in [6, 6.07) is 13.7. The summed E-state index contributed by atoms with van der Waals surface area (Å²) < 4.78 is 32.8. The van der Waals surface area contributed by atoms with Crippen LogP contribution in [-0.2, 0) is 14.8 Å². The second-order valence-electron chi connectivity index (χ2n) is 6.19. The molecule has 152 valence electrons. The molecule has 0 saturated carbocycles. The van der Waals surface area contributed by atoms with Crippen molar-refractivity contribution in [2.75, 3.05) is 19.7 Å². The van der Waals surface area contributed by atoms with Crippen LogP contribution in [0.25, 0.3) is 0 Å². The molecular formula is C20H25BrN2O4S. The SMILES string of the molecule is CCN(CC)S(=O)(=O)c1ccc(OCC(=O)N[C@@H](C)c2ccc(Br)cc2)cc1. The van der Waals surface area contributed by atoms with Gasteiger partial charge in [-0.25, -0.2) is 8.42 Å². The lowest BCUT2D eigenvalue weighted by atomic mass is 10.1. The van der Waals surface area contributed by atoms with Gasteiger partial charge in [-0.15, -0.1) is 0 Å². The van der Waals surface area contributed by atoms with Crippen LogP contribution in [-0.4, -0.2) is 38.3 Å². The molecule has 0 aliphatic heterocycles. The number of nitrogens with one attached hydrogen (secondary N) is 1. The molecule has 0 saturated heterocycles. The molecule has 0 bridgehead atoms. The molecule has 0 aliphatic rings. The quantitative estimate of drug-likeness (QED) is 0.607. The Hall–Kier alpha value is -1.90. The molecule has 0 spiro atoms. The summed E-state index contributed by atoms with van der Waals surface area (Å²) in [5.41, 5.74) is 0.988. The maximum Gasteiger partial charge on any atom is 0.258 e. The number of benzene rings is 2. The molecular weight excluding hydrogens is 444 g/mol. The van der Waals surface area contributed by atoms with E-state index in [4.69, 9.17) is 4.74 Å². The van der Waals surface area contributed by atoms with E-state index in [2.05, 4.69) is 21.2 Å². The maximum absolute atomic E-state index is 12.5. The van der Waals surface area contributed by atoms with Crippen LogP contribution in [0.15, 0.2) is 57.9 Å². The van der Waals surface area contributed by atoms with E-state index in [1.807, 2.05) is 31.2 Å². The third kappa shape index (κ3) is 5.80. The molecule has 6 nitrogen and oxygen atoms in total.